The van der Waals surface area contributed by atoms with Crippen molar-refractivity contribution in [1.82, 2.24) is 0 Å². The molecule has 1 rings (SSSR count). The molecule has 0 bridgehead atoms. The standard InChI is InChI=1S/C12H15F3O2S/c1-7(17)8(2)18-11-4-3-9(6-16)5-10(11)12(13,14)15/h3-5,7-8,16-17H,6H2,1-2H3. The van der Waals surface area contributed by atoms with Gasteiger partial charge in [-0.15, -0.1) is 11.8 Å². The molecule has 2 nitrogen and oxygen atoms in total. The fourth-order valence-corrected chi connectivity index (χ4v) is 2.34. The third-order valence-corrected chi connectivity index (χ3v) is 3.90. The highest BCUT2D eigenvalue weighted by atomic mass is 32.2. The van der Waals surface area contributed by atoms with Gasteiger partial charge in [-0.25, -0.2) is 0 Å². The first kappa shape index (κ1) is 15.3. The largest absolute Gasteiger partial charge is 0.417 e. The van der Waals surface area contributed by atoms with Crippen LogP contribution in [0.5, 0.6) is 0 Å². The average Bonchev–Trinajstić information content (AvgIpc) is 2.27. The second-order valence-electron chi connectivity index (χ2n) is 4.05. The summed E-state index contributed by atoms with van der Waals surface area (Å²) in [6.45, 7) is 2.77. The highest BCUT2D eigenvalue weighted by molar-refractivity contribution is 8.00. The molecule has 2 unspecified atom stereocenters. The van der Waals surface area contributed by atoms with Crippen LogP contribution in [0, 0.1) is 0 Å². The summed E-state index contributed by atoms with van der Waals surface area (Å²) in [6, 6.07) is 3.72. The molecule has 102 valence electrons. The van der Waals surface area contributed by atoms with Gasteiger partial charge in [0.25, 0.3) is 0 Å². The van der Waals surface area contributed by atoms with Crippen LogP contribution >= 0.6 is 11.8 Å². The molecule has 0 aliphatic heterocycles. The first-order valence-corrected chi connectivity index (χ1v) is 6.29. The van der Waals surface area contributed by atoms with Crippen molar-refractivity contribution in [2.45, 2.75) is 42.9 Å². The zero-order valence-electron chi connectivity index (χ0n) is 10.0. The number of alkyl halides is 3. The number of aliphatic hydroxyl groups excluding tert-OH is 2. The number of halogens is 3. The van der Waals surface area contributed by atoms with Crippen LogP contribution in [0.2, 0.25) is 0 Å². The second-order valence-corrected chi connectivity index (χ2v) is 5.47. The lowest BCUT2D eigenvalue weighted by atomic mass is 10.1. The van der Waals surface area contributed by atoms with Crippen LogP contribution < -0.4 is 0 Å². The molecule has 0 aliphatic carbocycles. The van der Waals surface area contributed by atoms with Crippen molar-refractivity contribution in [1.29, 1.82) is 0 Å². The predicted molar refractivity (Wildman–Crippen MR) is 64.4 cm³/mol. The van der Waals surface area contributed by atoms with Gasteiger partial charge < -0.3 is 10.2 Å². The second kappa shape index (κ2) is 5.95. The van der Waals surface area contributed by atoms with Crippen LogP contribution in [0.4, 0.5) is 13.2 Å². The van der Waals surface area contributed by atoms with Crippen LogP contribution in [0.1, 0.15) is 25.0 Å². The number of aliphatic hydroxyl groups is 2. The Balaban J connectivity index is 3.11. The van der Waals surface area contributed by atoms with E-state index in [-0.39, 0.29) is 15.7 Å². The molecule has 2 N–H and O–H groups in total. The summed E-state index contributed by atoms with van der Waals surface area (Å²) < 4.78 is 38.6. The average molecular weight is 280 g/mol. The lowest BCUT2D eigenvalue weighted by molar-refractivity contribution is -0.139. The van der Waals surface area contributed by atoms with Gasteiger partial charge in [-0.2, -0.15) is 13.2 Å². The maximum Gasteiger partial charge on any atom is 0.417 e. The Morgan fingerprint density at radius 1 is 1.28 bits per heavy atom. The molecule has 0 radical (unpaired) electrons. The Morgan fingerprint density at radius 3 is 2.33 bits per heavy atom. The molecule has 0 aliphatic rings. The van der Waals surface area contributed by atoms with Crippen molar-refractivity contribution in [3.05, 3.63) is 29.3 Å². The SMILES string of the molecule is CC(O)C(C)Sc1ccc(CO)cc1C(F)(F)F. The van der Waals surface area contributed by atoms with Crippen molar-refractivity contribution in [2.24, 2.45) is 0 Å². The molecule has 1 aromatic rings. The van der Waals surface area contributed by atoms with E-state index in [9.17, 15) is 18.3 Å². The lowest BCUT2D eigenvalue weighted by Gasteiger charge is -2.18. The fourth-order valence-electron chi connectivity index (χ4n) is 1.30. The number of thioether (sulfide) groups is 1. The topological polar surface area (TPSA) is 40.5 Å². The summed E-state index contributed by atoms with van der Waals surface area (Å²) in [5, 5.41) is 17.9. The molecule has 1 aromatic carbocycles. The molecule has 0 aromatic heterocycles. The molecular formula is C12H15F3O2S. The number of rotatable bonds is 4. The first-order chi connectivity index (χ1) is 8.25. The van der Waals surface area contributed by atoms with Crippen LogP contribution in [0.25, 0.3) is 0 Å². The van der Waals surface area contributed by atoms with Gasteiger partial charge in [0.05, 0.1) is 18.3 Å². The zero-order valence-corrected chi connectivity index (χ0v) is 10.8. The molecule has 0 fully saturated rings. The summed E-state index contributed by atoms with van der Waals surface area (Å²) >= 11 is 0.973. The van der Waals surface area contributed by atoms with Crippen molar-refractivity contribution in [2.75, 3.05) is 0 Å². The smallest absolute Gasteiger partial charge is 0.392 e. The number of hydrogen-bond donors (Lipinski definition) is 2. The fraction of sp³-hybridized carbons (Fsp3) is 0.500. The Hall–Kier alpha value is -0.720. The van der Waals surface area contributed by atoms with Gasteiger partial charge in [0.1, 0.15) is 0 Å². The molecule has 6 heteroatoms. The van der Waals surface area contributed by atoms with Gasteiger partial charge in [-0.05, 0) is 24.6 Å². The maximum absolute atomic E-state index is 12.9. The minimum atomic E-state index is -4.47. The minimum Gasteiger partial charge on any atom is -0.392 e. The molecule has 0 saturated carbocycles. The molecule has 0 saturated heterocycles. The van der Waals surface area contributed by atoms with E-state index in [2.05, 4.69) is 0 Å². The monoisotopic (exact) mass is 280 g/mol. The lowest BCUT2D eigenvalue weighted by Crippen LogP contribution is -2.16. The number of hydrogen-bond acceptors (Lipinski definition) is 3. The summed E-state index contributed by atoms with van der Waals surface area (Å²) in [4.78, 5) is 0.0631. The number of benzene rings is 1. The molecule has 0 spiro atoms. The third kappa shape index (κ3) is 3.90. The van der Waals surface area contributed by atoms with Crippen molar-refractivity contribution in [3.63, 3.8) is 0 Å². The van der Waals surface area contributed by atoms with Crippen molar-refractivity contribution < 1.29 is 23.4 Å². The van der Waals surface area contributed by atoms with E-state index in [1.54, 1.807) is 6.92 Å². The molecule has 0 heterocycles. The third-order valence-electron chi connectivity index (χ3n) is 2.52. The van der Waals surface area contributed by atoms with E-state index in [0.29, 0.717) is 0 Å². The minimum absolute atomic E-state index is 0.0631. The Kier molecular flexibility index (Phi) is 5.07. The zero-order chi connectivity index (χ0) is 13.9. The van der Waals surface area contributed by atoms with Crippen LogP contribution in [0.15, 0.2) is 23.1 Å². The van der Waals surface area contributed by atoms with E-state index in [1.165, 1.54) is 19.1 Å². The van der Waals surface area contributed by atoms with Crippen LogP contribution in [0.3, 0.4) is 0 Å². The normalized spacial score (nSPS) is 15.5. The summed E-state index contributed by atoms with van der Waals surface area (Å²) in [7, 11) is 0. The Labute approximate surface area is 108 Å². The van der Waals surface area contributed by atoms with E-state index >= 15 is 0 Å². The molecular weight excluding hydrogens is 265 g/mol. The van der Waals surface area contributed by atoms with Gasteiger partial charge in [-0.3, -0.25) is 0 Å². The quantitative estimate of drug-likeness (QED) is 0.833. The Morgan fingerprint density at radius 2 is 1.89 bits per heavy atom. The molecule has 0 amide bonds. The van der Waals surface area contributed by atoms with E-state index in [0.717, 1.165) is 17.8 Å². The summed E-state index contributed by atoms with van der Waals surface area (Å²) in [6.07, 6.45) is -5.17. The van der Waals surface area contributed by atoms with Gasteiger partial charge in [0.2, 0.25) is 0 Å². The highest BCUT2D eigenvalue weighted by Crippen LogP contribution is 2.39. The molecule has 18 heavy (non-hydrogen) atoms. The van der Waals surface area contributed by atoms with Crippen molar-refractivity contribution in [3.8, 4) is 0 Å². The summed E-state index contributed by atoms with van der Waals surface area (Å²) in [5.41, 5.74) is -0.553. The van der Waals surface area contributed by atoms with Gasteiger partial charge >= 0.3 is 6.18 Å². The van der Waals surface area contributed by atoms with Crippen LogP contribution in [-0.4, -0.2) is 21.6 Å². The maximum atomic E-state index is 12.9. The first-order valence-electron chi connectivity index (χ1n) is 5.41. The summed E-state index contributed by atoms with van der Waals surface area (Å²) in [5.74, 6) is 0. The van der Waals surface area contributed by atoms with E-state index in [4.69, 9.17) is 5.11 Å². The van der Waals surface area contributed by atoms with E-state index in [1.807, 2.05) is 0 Å². The Bertz CT molecular complexity index is 405. The predicted octanol–water partition coefficient (Wildman–Crippen LogP) is 3.06. The van der Waals surface area contributed by atoms with Gasteiger partial charge in [0.15, 0.2) is 0 Å². The molecule has 2 atom stereocenters. The van der Waals surface area contributed by atoms with E-state index < -0.39 is 24.5 Å². The van der Waals surface area contributed by atoms with Gasteiger partial charge in [0, 0.05) is 10.1 Å². The van der Waals surface area contributed by atoms with Gasteiger partial charge in [-0.1, -0.05) is 13.0 Å². The van der Waals surface area contributed by atoms with Crippen molar-refractivity contribution >= 4 is 11.8 Å². The van der Waals surface area contributed by atoms with Crippen LogP contribution in [-0.2, 0) is 12.8 Å². The highest BCUT2D eigenvalue weighted by Gasteiger charge is 2.34.